The van der Waals surface area contributed by atoms with Crippen LogP contribution in [0.1, 0.15) is 25.6 Å². The Hall–Kier alpha value is -1.98. The van der Waals surface area contributed by atoms with Gasteiger partial charge in [-0.3, -0.25) is 0 Å². The molecule has 0 aliphatic carbocycles. The molecule has 2 N–H and O–H groups in total. The zero-order chi connectivity index (χ0) is 11.4. The molecule has 0 saturated heterocycles. The second kappa shape index (κ2) is 4.69. The van der Waals surface area contributed by atoms with E-state index in [1.807, 2.05) is 0 Å². The second-order valence-electron chi connectivity index (χ2n) is 3.41. The molecular formula is C10H13N5O. The minimum Gasteiger partial charge on any atom is -0.382 e. The fourth-order valence-corrected chi connectivity index (χ4v) is 1.30. The molecule has 6 heteroatoms. The number of aromatic nitrogens is 4. The summed E-state index contributed by atoms with van der Waals surface area (Å²) in [4.78, 5) is 12.2. The lowest BCUT2D eigenvalue weighted by molar-refractivity contribution is 0.420. The molecule has 2 aromatic heterocycles. The number of hydrogen-bond donors (Lipinski definition) is 1. The Kier molecular flexibility index (Phi) is 3.09. The highest BCUT2D eigenvalue weighted by Gasteiger charge is 2.13. The summed E-state index contributed by atoms with van der Waals surface area (Å²) in [6.07, 6.45) is 6.00. The van der Waals surface area contributed by atoms with Crippen LogP contribution in [0.4, 0.5) is 5.82 Å². The van der Waals surface area contributed by atoms with Crippen molar-refractivity contribution in [3.63, 3.8) is 0 Å². The van der Waals surface area contributed by atoms with Crippen molar-refractivity contribution in [2.75, 3.05) is 5.73 Å². The molecule has 0 saturated carbocycles. The van der Waals surface area contributed by atoms with Crippen LogP contribution in [-0.4, -0.2) is 20.1 Å². The Morgan fingerprint density at radius 2 is 2.12 bits per heavy atom. The van der Waals surface area contributed by atoms with Crippen molar-refractivity contribution in [2.45, 2.75) is 26.2 Å². The first-order valence-electron chi connectivity index (χ1n) is 5.20. The van der Waals surface area contributed by atoms with Crippen molar-refractivity contribution in [3.8, 4) is 11.6 Å². The summed E-state index contributed by atoms with van der Waals surface area (Å²) < 4.78 is 5.08. The maximum atomic E-state index is 5.66. The van der Waals surface area contributed by atoms with Gasteiger partial charge in [0.05, 0.1) is 0 Å². The van der Waals surface area contributed by atoms with E-state index in [-0.39, 0.29) is 0 Å². The van der Waals surface area contributed by atoms with Gasteiger partial charge in [0.1, 0.15) is 0 Å². The largest absolute Gasteiger partial charge is 0.382 e. The van der Waals surface area contributed by atoms with Crippen LogP contribution in [-0.2, 0) is 6.42 Å². The molecule has 0 aliphatic rings. The average molecular weight is 219 g/mol. The van der Waals surface area contributed by atoms with Crippen LogP contribution in [0.15, 0.2) is 16.9 Å². The van der Waals surface area contributed by atoms with Gasteiger partial charge in [-0.15, -0.1) is 0 Å². The van der Waals surface area contributed by atoms with Crippen LogP contribution in [0, 0.1) is 0 Å². The number of nitrogens with zero attached hydrogens (tertiary/aromatic N) is 4. The molecule has 2 heterocycles. The molecule has 16 heavy (non-hydrogen) atoms. The summed E-state index contributed by atoms with van der Waals surface area (Å²) in [5.41, 5.74) is 6.10. The summed E-state index contributed by atoms with van der Waals surface area (Å²) in [5.74, 6) is 1.31. The van der Waals surface area contributed by atoms with E-state index in [1.165, 1.54) is 6.20 Å². The lowest BCUT2D eigenvalue weighted by atomic mass is 10.2. The summed E-state index contributed by atoms with van der Waals surface area (Å²) in [6, 6.07) is 0. The van der Waals surface area contributed by atoms with Gasteiger partial charge in [-0.2, -0.15) is 4.98 Å². The van der Waals surface area contributed by atoms with E-state index in [4.69, 9.17) is 10.3 Å². The number of rotatable bonds is 4. The Morgan fingerprint density at radius 1 is 1.31 bits per heavy atom. The minimum atomic E-state index is 0.299. The summed E-state index contributed by atoms with van der Waals surface area (Å²) in [5, 5.41) is 3.86. The van der Waals surface area contributed by atoms with E-state index in [0.29, 0.717) is 23.2 Å². The fraction of sp³-hybridized carbons (Fsp3) is 0.400. The van der Waals surface area contributed by atoms with Crippen LogP contribution >= 0.6 is 0 Å². The number of nitrogens with two attached hydrogens (primary N) is 1. The highest BCUT2D eigenvalue weighted by molar-refractivity contribution is 5.61. The van der Waals surface area contributed by atoms with Crippen LogP contribution < -0.4 is 5.73 Å². The number of hydrogen-bond acceptors (Lipinski definition) is 6. The Balaban J connectivity index is 2.22. The van der Waals surface area contributed by atoms with Gasteiger partial charge in [0.15, 0.2) is 17.3 Å². The van der Waals surface area contributed by atoms with Crippen molar-refractivity contribution in [3.05, 3.63) is 18.2 Å². The zero-order valence-electron chi connectivity index (χ0n) is 9.05. The molecule has 0 unspecified atom stereocenters. The molecule has 0 spiro atoms. The number of nitrogen functional groups attached to an aromatic ring is 1. The summed E-state index contributed by atoms with van der Waals surface area (Å²) >= 11 is 0. The summed E-state index contributed by atoms with van der Waals surface area (Å²) in [6.45, 7) is 2.11. The van der Waals surface area contributed by atoms with Gasteiger partial charge in [0.2, 0.25) is 0 Å². The molecule has 0 aromatic carbocycles. The highest BCUT2D eigenvalue weighted by Crippen LogP contribution is 2.19. The molecule has 0 atom stereocenters. The molecule has 0 radical (unpaired) electrons. The van der Waals surface area contributed by atoms with Gasteiger partial charge >= 0.3 is 0 Å². The highest BCUT2D eigenvalue weighted by atomic mass is 16.5. The third-order valence-electron chi connectivity index (χ3n) is 2.15. The van der Waals surface area contributed by atoms with Crippen molar-refractivity contribution in [1.82, 2.24) is 20.1 Å². The number of anilines is 1. The van der Waals surface area contributed by atoms with Gasteiger partial charge in [0, 0.05) is 18.8 Å². The quantitative estimate of drug-likeness (QED) is 0.836. The Labute approximate surface area is 92.9 Å². The molecule has 2 aromatic rings. The number of aryl methyl sites for hydroxylation is 1. The molecule has 6 nitrogen and oxygen atoms in total. The molecule has 0 bridgehead atoms. The van der Waals surface area contributed by atoms with E-state index in [0.717, 1.165) is 19.3 Å². The second-order valence-corrected chi connectivity index (χ2v) is 3.41. The van der Waals surface area contributed by atoms with E-state index in [9.17, 15) is 0 Å². The van der Waals surface area contributed by atoms with Crippen molar-refractivity contribution >= 4 is 5.82 Å². The first-order chi connectivity index (χ1) is 7.81. The van der Waals surface area contributed by atoms with Crippen molar-refractivity contribution in [2.24, 2.45) is 0 Å². The van der Waals surface area contributed by atoms with Crippen molar-refractivity contribution in [1.29, 1.82) is 0 Å². The lowest BCUT2D eigenvalue weighted by Gasteiger charge is -1.95. The average Bonchev–Trinajstić information content (AvgIpc) is 2.75. The minimum absolute atomic E-state index is 0.299. The van der Waals surface area contributed by atoms with Crippen molar-refractivity contribution < 1.29 is 4.52 Å². The van der Waals surface area contributed by atoms with E-state index < -0.39 is 0 Å². The summed E-state index contributed by atoms with van der Waals surface area (Å²) in [7, 11) is 0. The van der Waals surface area contributed by atoms with Gasteiger partial charge in [-0.1, -0.05) is 18.5 Å². The van der Waals surface area contributed by atoms with Gasteiger partial charge in [-0.05, 0) is 6.42 Å². The fourth-order valence-electron chi connectivity index (χ4n) is 1.30. The van der Waals surface area contributed by atoms with Crippen LogP contribution in [0.3, 0.4) is 0 Å². The Morgan fingerprint density at radius 3 is 2.88 bits per heavy atom. The Bertz CT molecular complexity index is 468. The smallest absolute Gasteiger partial charge is 0.280 e. The third-order valence-corrected chi connectivity index (χ3v) is 2.15. The lowest BCUT2D eigenvalue weighted by Crippen LogP contribution is -1.96. The standard InChI is InChI=1S/C10H13N5O/c1-2-3-4-7-14-10(16-15-7)8-9(11)13-6-5-12-8/h5-6H,2-4H2,1H3,(H2,11,13). The third kappa shape index (κ3) is 2.16. The molecular weight excluding hydrogens is 206 g/mol. The normalized spacial score (nSPS) is 10.6. The molecule has 0 amide bonds. The van der Waals surface area contributed by atoms with Crippen LogP contribution in [0.2, 0.25) is 0 Å². The first kappa shape index (κ1) is 10.5. The molecule has 2 rings (SSSR count). The maximum absolute atomic E-state index is 5.66. The monoisotopic (exact) mass is 219 g/mol. The number of unbranched alkanes of at least 4 members (excludes halogenated alkanes) is 1. The maximum Gasteiger partial charge on any atom is 0.280 e. The van der Waals surface area contributed by atoms with E-state index >= 15 is 0 Å². The van der Waals surface area contributed by atoms with Gasteiger partial charge in [0.25, 0.3) is 5.89 Å². The topological polar surface area (TPSA) is 90.7 Å². The van der Waals surface area contributed by atoms with Gasteiger partial charge in [-0.25, -0.2) is 9.97 Å². The molecule has 0 fully saturated rings. The van der Waals surface area contributed by atoms with Crippen LogP contribution in [0.5, 0.6) is 0 Å². The van der Waals surface area contributed by atoms with Crippen LogP contribution in [0.25, 0.3) is 11.6 Å². The van der Waals surface area contributed by atoms with E-state index in [1.54, 1.807) is 6.20 Å². The molecule has 0 aliphatic heterocycles. The zero-order valence-corrected chi connectivity index (χ0v) is 9.05. The first-order valence-corrected chi connectivity index (χ1v) is 5.20. The molecule has 84 valence electrons. The van der Waals surface area contributed by atoms with E-state index in [2.05, 4.69) is 27.0 Å². The SMILES string of the molecule is CCCCc1noc(-c2nccnc2N)n1. The van der Waals surface area contributed by atoms with Gasteiger partial charge < -0.3 is 10.3 Å². The predicted molar refractivity (Wildman–Crippen MR) is 58.3 cm³/mol. The predicted octanol–water partition coefficient (Wildman–Crippen LogP) is 1.45.